The molecule has 1 amide bonds. The monoisotopic (exact) mass is 450 g/mol. The Kier molecular flexibility index (Phi) is 6.17. The molecule has 3 aromatic rings. The number of nitrogens with zero attached hydrogens (tertiary/aromatic N) is 5. The summed E-state index contributed by atoms with van der Waals surface area (Å²) in [5.74, 6) is 0.764. The second-order valence-corrected chi connectivity index (χ2v) is 10.3. The number of hydrogen-bond donors (Lipinski definition) is 1. The minimum absolute atomic E-state index is 0.0702. The van der Waals surface area contributed by atoms with Crippen molar-refractivity contribution in [2.24, 2.45) is 5.92 Å². The van der Waals surface area contributed by atoms with Crippen LogP contribution < -0.4 is 5.32 Å². The Labute approximate surface area is 192 Å². The highest BCUT2D eigenvalue weighted by Crippen LogP contribution is 2.30. The molecular weight excluding hydrogens is 420 g/mol. The van der Waals surface area contributed by atoms with E-state index >= 15 is 0 Å². The minimum atomic E-state index is 0.0702. The van der Waals surface area contributed by atoms with Gasteiger partial charge < -0.3 is 10.2 Å². The van der Waals surface area contributed by atoms with Crippen LogP contribution in [0, 0.1) is 12.8 Å². The topological polar surface area (TPSA) is 74.2 Å². The third-order valence-corrected chi connectivity index (χ3v) is 7.81. The van der Waals surface area contributed by atoms with Gasteiger partial charge in [0.25, 0.3) is 0 Å². The first kappa shape index (κ1) is 21.4. The summed E-state index contributed by atoms with van der Waals surface area (Å²) >= 11 is 1.65. The van der Waals surface area contributed by atoms with E-state index in [9.17, 15) is 4.79 Å². The molecule has 0 atom stereocenters. The molecule has 5 rings (SSSR count). The molecule has 0 radical (unpaired) electrons. The molecule has 0 spiro atoms. The number of rotatable bonds is 4. The summed E-state index contributed by atoms with van der Waals surface area (Å²) in [7, 11) is 2.19. The normalized spacial score (nSPS) is 22.8. The average molecular weight is 451 g/mol. The van der Waals surface area contributed by atoms with Gasteiger partial charge in [0.15, 0.2) is 0 Å². The number of aryl methyl sites for hydroxylation is 1. The number of hydrogen-bond acceptors (Lipinski definition) is 7. The lowest BCUT2D eigenvalue weighted by Gasteiger charge is -2.40. The summed E-state index contributed by atoms with van der Waals surface area (Å²) in [6.45, 7) is 6.59. The predicted molar refractivity (Wildman–Crippen MR) is 129 cm³/mol. The first-order chi connectivity index (χ1) is 15.5. The number of amides is 1. The predicted octanol–water partition coefficient (Wildman–Crippen LogP) is 3.81. The van der Waals surface area contributed by atoms with E-state index in [0.29, 0.717) is 11.9 Å². The molecule has 3 aromatic heterocycles. The van der Waals surface area contributed by atoms with E-state index in [2.05, 4.69) is 43.2 Å². The van der Waals surface area contributed by atoms with Crippen molar-refractivity contribution in [2.45, 2.75) is 38.6 Å². The van der Waals surface area contributed by atoms with Gasteiger partial charge in [-0.05, 0) is 51.8 Å². The van der Waals surface area contributed by atoms with Crippen molar-refractivity contribution in [3.8, 4) is 10.4 Å². The molecule has 168 valence electrons. The molecule has 2 aliphatic rings. The molecule has 32 heavy (non-hydrogen) atoms. The van der Waals surface area contributed by atoms with Crippen molar-refractivity contribution < 1.29 is 4.79 Å². The van der Waals surface area contributed by atoms with E-state index in [1.807, 2.05) is 25.4 Å². The van der Waals surface area contributed by atoms with Gasteiger partial charge in [0, 0.05) is 61.5 Å². The summed E-state index contributed by atoms with van der Waals surface area (Å²) in [6.07, 6.45) is 9.58. The molecule has 4 heterocycles. The van der Waals surface area contributed by atoms with Crippen LogP contribution in [-0.4, -0.2) is 69.9 Å². The quantitative estimate of drug-likeness (QED) is 0.652. The fourth-order valence-corrected chi connectivity index (χ4v) is 5.61. The number of fused-ring (bicyclic) bond motifs is 1. The Morgan fingerprint density at radius 2 is 1.78 bits per heavy atom. The second kappa shape index (κ2) is 9.21. The zero-order valence-corrected chi connectivity index (χ0v) is 19.6. The lowest BCUT2D eigenvalue weighted by molar-refractivity contribution is -0.121. The number of anilines is 1. The number of piperazine rings is 1. The molecule has 1 saturated heterocycles. The van der Waals surface area contributed by atoms with Gasteiger partial charge in [0.2, 0.25) is 5.91 Å². The van der Waals surface area contributed by atoms with Gasteiger partial charge in [-0.1, -0.05) is 0 Å². The first-order valence-electron chi connectivity index (χ1n) is 11.5. The summed E-state index contributed by atoms with van der Waals surface area (Å²) in [5, 5.41) is 5.06. The van der Waals surface area contributed by atoms with E-state index < -0.39 is 0 Å². The fourth-order valence-electron chi connectivity index (χ4n) is 4.85. The van der Waals surface area contributed by atoms with Gasteiger partial charge in [-0.2, -0.15) is 0 Å². The number of carbonyl (C=O) groups excluding carboxylic acids is 1. The van der Waals surface area contributed by atoms with Crippen LogP contribution in [0.15, 0.2) is 30.7 Å². The zero-order valence-electron chi connectivity index (χ0n) is 18.8. The van der Waals surface area contributed by atoms with E-state index in [1.54, 1.807) is 17.5 Å². The number of aromatic nitrogens is 3. The summed E-state index contributed by atoms with van der Waals surface area (Å²) in [5.41, 5.74) is 1.86. The van der Waals surface area contributed by atoms with Crippen LogP contribution >= 0.6 is 11.3 Å². The SMILES string of the molecule is Cc1ncc(-c2cnc3cnc(NC(=O)[C@H]4CC[C@H](N5CCN(C)CC5)CC4)cc3c2)s1. The first-order valence-corrected chi connectivity index (χ1v) is 12.3. The van der Waals surface area contributed by atoms with E-state index in [4.69, 9.17) is 0 Å². The Hall–Kier alpha value is -2.42. The fraction of sp³-hybridized carbons (Fsp3) is 0.500. The van der Waals surface area contributed by atoms with Crippen molar-refractivity contribution in [3.05, 3.63) is 35.7 Å². The molecule has 8 heteroatoms. The number of nitrogens with one attached hydrogen (secondary N) is 1. The van der Waals surface area contributed by atoms with Gasteiger partial charge in [0.05, 0.1) is 21.6 Å². The number of likely N-dealkylation sites (N-methyl/N-ethyl adjacent to an activating group) is 1. The molecule has 1 aliphatic heterocycles. The van der Waals surface area contributed by atoms with Crippen LogP contribution in [0.3, 0.4) is 0 Å². The molecule has 2 fully saturated rings. The van der Waals surface area contributed by atoms with Crippen molar-refractivity contribution >= 4 is 34.0 Å². The maximum atomic E-state index is 12.9. The highest BCUT2D eigenvalue weighted by molar-refractivity contribution is 7.15. The van der Waals surface area contributed by atoms with Gasteiger partial charge in [-0.3, -0.25) is 14.7 Å². The largest absolute Gasteiger partial charge is 0.310 e. The number of thiazole rings is 1. The van der Waals surface area contributed by atoms with E-state index in [0.717, 1.165) is 78.2 Å². The molecule has 0 bridgehead atoms. The molecular formula is C24H30N6OS. The average Bonchev–Trinajstić information content (AvgIpc) is 3.25. The Bertz CT molecular complexity index is 1100. The number of carbonyl (C=O) groups is 1. The van der Waals surface area contributed by atoms with Crippen LogP contribution in [0.1, 0.15) is 30.7 Å². The van der Waals surface area contributed by atoms with Gasteiger partial charge in [0.1, 0.15) is 5.82 Å². The maximum absolute atomic E-state index is 12.9. The van der Waals surface area contributed by atoms with Gasteiger partial charge >= 0.3 is 0 Å². The standard InChI is InChI=1S/C24H30N6OS/c1-16-25-15-22(32-16)19-11-18-12-23(27-14-21(18)26-13-19)28-24(31)17-3-5-20(6-4-17)30-9-7-29(2)8-10-30/h11-15,17,20H,3-10H2,1-2H3,(H,27,28,31)/t17-,20-. The zero-order chi connectivity index (χ0) is 22.1. The lowest BCUT2D eigenvalue weighted by Crippen LogP contribution is -2.50. The van der Waals surface area contributed by atoms with Crippen LogP contribution in [0.2, 0.25) is 0 Å². The third-order valence-electron chi connectivity index (χ3n) is 6.85. The Morgan fingerprint density at radius 1 is 1.00 bits per heavy atom. The van der Waals surface area contributed by atoms with Gasteiger partial charge in [-0.25, -0.2) is 9.97 Å². The number of pyridine rings is 2. The van der Waals surface area contributed by atoms with Crippen molar-refractivity contribution in [1.82, 2.24) is 24.8 Å². The third kappa shape index (κ3) is 4.67. The van der Waals surface area contributed by atoms with Gasteiger partial charge in [-0.15, -0.1) is 11.3 Å². The minimum Gasteiger partial charge on any atom is -0.310 e. The summed E-state index contributed by atoms with van der Waals surface area (Å²) in [4.78, 5) is 32.3. The van der Waals surface area contributed by atoms with Crippen molar-refractivity contribution in [2.75, 3.05) is 38.5 Å². The van der Waals surface area contributed by atoms with E-state index in [1.165, 1.54) is 0 Å². The molecule has 1 saturated carbocycles. The Balaban J connectivity index is 1.22. The molecule has 0 unspecified atom stereocenters. The highest BCUT2D eigenvalue weighted by atomic mass is 32.1. The maximum Gasteiger partial charge on any atom is 0.228 e. The van der Waals surface area contributed by atoms with Crippen molar-refractivity contribution in [3.63, 3.8) is 0 Å². The lowest BCUT2D eigenvalue weighted by atomic mass is 9.84. The second-order valence-electron chi connectivity index (χ2n) is 9.06. The van der Waals surface area contributed by atoms with Crippen LogP contribution in [-0.2, 0) is 4.79 Å². The summed E-state index contributed by atoms with van der Waals surface area (Å²) < 4.78 is 0. The highest BCUT2D eigenvalue weighted by Gasteiger charge is 2.30. The van der Waals surface area contributed by atoms with Crippen molar-refractivity contribution in [1.29, 1.82) is 0 Å². The molecule has 1 N–H and O–H groups in total. The van der Waals surface area contributed by atoms with Crippen LogP contribution in [0.25, 0.3) is 21.3 Å². The smallest absolute Gasteiger partial charge is 0.228 e. The molecule has 1 aliphatic carbocycles. The van der Waals surface area contributed by atoms with Crippen LogP contribution in [0.5, 0.6) is 0 Å². The van der Waals surface area contributed by atoms with E-state index in [-0.39, 0.29) is 11.8 Å². The molecule has 0 aromatic carbocycles. The molecule has 7 nitrogen and oxygen atoms in total. The summed E-state index contributed by atoms with van der Waals surface area (Å²) in [6, 6.07) is 4.65. The van der Waals surface area contributed by atoms with Crippen LogP contribution in [0.4, 0.5) is 5.82 Å². The Morgan fingerprint density at radius 3 is 2.50 bits per heavy atom.